The second-order valence-corrected chi connectivity index (χ2v) is 17.8. The molecular weight excluding hydrogens is 762 g/mol. The molecule has 10 heteroatoms. The van der Waals surface area contributed by atoms with Crippen LogP contribution in [0, 0.1) is 0 Å². The molecule has 0 amide bonds. The maximum absolute atomic E-state index is 12.6. The van der Waals surface area contributed by atoms with Crippen LogP contribution < -0.4 is 5.73 Å². The molecule has 0 radical (unpaired) electrons. The fourth-order valence-corrected chi connectivity index (χ4v) is 7.65. The van der Waals surface area contributed by atoms with Gasteiger partial charge in [-0.2, -0.15) is 0 Å². The molecule has 0 aliphatic heterocycles. The normalized spacial score (nSPS) is 13.5. The number of carbonyl (C=O) groups is 2. The van der Waals surface area contributed by atoms with Gasteiger partial charge < -0.3 is 20.1 Å². The Morgan fingerprint density at radius 3 is 1.36 bits per heavy atom. The Morgan fingerprint density at radius 2 is 0.898 bits per heavy atom. The third kappa shape index (κ3) is 45.6. The van der Waals surface area contributed by atoms with E-state index in [2.05, 4.69) is 44.2 Å². The lowest BCUT2D eigenvalue weighted by molar-refractivity contribution is -0.161. The van der Waals surface area contributed by atoms with E-state index >= 15 is 0 Å². The minimum absolute atomic E-state index is 0.0465. The molecule has 9 nitrogen and oxygen atoms in total. The van der Waals surface area contributed by atoms with Crippen molar-refractivity contribution in [1.29, 1.82) is 0 Å². The summed E-state index contributed by atoms with van der Waals surface area (Å²) in [4.78, 5) is 34.9. The summed E-state index contributed by atoms with van der Waals surface area (Å²) in [6.45, 7) is 3.70. The van der Waals surface area contributed by atoms with Crippen molar-refractivity contribution in [3.05, 3.63) is 36.5 Å². The van der Waals surface area contributed by atoms with Crippen LogP contribution in [0.2, 0.25) is 0 Å². The van der Waals surface area contributed by atoms with Gasteiger partial charge in [0.05, 0.1) is 13.2 Å². The lowest BCUT2D eigenvalue weighted by atomic mass is 10.0. The SMILES string of the molecule is CCCCCCCCC=CCC=CCC=CCCCC(=O)OC(COC(=O)CCCCCCCCCCCCCCCCCCCCCCC)COP(=O)(O)OCCN. The number of phosphoric acid groups is 1. The first-order valence-corrected chi connectivity index (χ1v) is 26.0. The largest absolute Gasteiger partial charge is 0.472 e. The maximum atomic E-state index is 12.6. The van der Waals surface area contributed by atoms with Crippen molar-refractivity contribution in [2.75, 3.05) is 26.4 Å². The third-order valence-electron chi connectivity index (χ3n) is 10.5. The Kier molecular flexibility index (Phi) is 44.4. The van der Waals surface area contributed by atoms with E-state index in [1.54, 1.807) is 0 Å². The molecule has 59 heavy (non-hydrogen) atoms. The van der Waals surface area contributed by atoms with Crippen LogP contribution in [0.15, 0.2) is 36.5 Å². The summed E-state index contributed by atoms with van der Waals surface area (Å²) >= 11 is 0. The first kappa shape index (κ1) is 57.2. The van der Waals surface area contributed by atoms with Crippen LogP contribution >= 0.6 is 7.82 Å². The van der Waals surface area contributed by atoms with Gasteiger partial charge in [0, 0.05) is 19.4 Å². The summed E-state index contributed by atoms with van der Waals surface area (Å²) in [6, 6.07) is 0. The predicted molar refractivity (Wildman–Crippen MR) is 247 cm³/mol. The number of unbranched alkanes of at least 4 members (excludes halogenated alkanes) is 27. The van der Waals surface area contributed by atoms with Crippen molar-refractivity contribution < 1.29 is 37.6 Å². The first-order valence-electron chi connectivity index (χ1n) is 24.5. The zero-order valence-electron chi connectivity index (χ0n) is 38.2. The van der Waals surface area contributed by atoms with Gasteiger partial charge >= 0.3 is 19.8 Å². The summed E-state index contributed by atoms with van der Waals surface area (Å²) in [6.07, 6.45) is 51.9. The van der Waals surface area contributed by atoms with Crippen LogP contribution in [0.4, 0.5) is 0 Å². The number of esters is 2. The molecule has 0 aromatic rings. The molecule has 2 atom stereocenters. The van der Waals surface area contributed by atoms with Crippen LogP contribution in [0.1, 0.15) is 232 Å². The minimum Gasteiger partial charge on any atom is -0.462 e. The van der Waals surface area contributed by atoms with E-state index in [1.165, 1.54) is 154 Å². The monoisotopic (exact) mass is 854 g/mol. The molecular formula is C49H92NO8P. The Morgan fingerprint density at radius 1 is 0.508 bits per heavy atom. The Balaban J connectivity index is 4.10. The lowest BCUT2D eigenvalue weighted by Crippen LogP contribution is -2.29. The quantitative estimate of drug-likeness (QED) is 0.0265. The fourth-order valence-electron chi connectivity index (χ4n) is 6.89. The highest BCUT2D eigenvalue weighted by Gasteiger charge is 2.26. The van der Waals surface area contributed by atoms with Crippen LogP contribution in [0.5, 0.6) is 0 Å². The van der Waals surface area contributed by atoms with Crippen LogP contribution in [0.25, 0.3) is 0 Å². The zero-order valence-corrected chi connectivity index (χ0v) is 39.1. The van der Waals surface area contributed by atoms with Gasteiger partial charge in [0.15, 0.2) is 6.10 Å². The number of hydrogen-bond donors (Lipinski definition) is 2. The van der Waals surface area contributed by atoms with Gasteiger partial charge in [-0.05, 0) is 44.9 Å². The Bertz CT molecular complexity index is 1060. The van der Waals surface area contributed by atoms with Gasteiger partial charge in [-0.25, -0.2) is 4.57 Å². The molecule has 0 saturated carbocycles. The minimum atomic E-state index is -4.39. The molecule has 0 aromatic carbocycles. The van der Waals surface area contributed by atoms with E-state index < -0.39 is 32.5 Å². The lowest BCUT2D eigenvalue weighted by Gasteiger charge is -2.19. The van der Waals surface area contributed by atoms with Gasteiger partial charge in [-0.1, -0.05) is 211 Å². The molecule has 0 rings (SSSR count). The molecule has 0 bridgehead atoms. The van der Waals surface area contributed by atoms with E-state index in [0.29, 0.717) is 6.42 Å². The maximum Gasteiger partial charge on any atom is 0.472 e. The van der Waals surface area contributed by atoms with E-state index in [4.69, 9.17) is 24.3 Å². The van der Waals surface area contributed by atoms with Crippen LogP contribution in [-0.2, 0) is 32.7 Å². The highest BCUT2D eigenvalue weighted by atomic mass is 31.2. The van der Waals surface area contributed by atoms with Crippen molar-refractivity contribution in [3.63, 3.8) is 0 Å². The Labute approximate surface area is 363 Å². The average Bonchev–Trinajstić information content (AvgIpc) is 3.22. The number of allylic oxidation sites excluding steroid dienone is 6. The average molecular weight is 854 g/mol. The van der Waals surface area contributed by atoms with Gasteiger partial charge in [0.2, 0.25) is 0 Å². The molecule has 346 valence electrons. The highest BCUT2D eigenvalue weighted by molar-refractivity contribution is 7.47. The molecule has 0 spiro atoms. The van der Waals surface area contributed by atoms with Gasteiger partial charge in [-0.15, -0.1) is 0 Å². The highest BCUT2D eigenvalue weighted by Crippen LogP contribution is 2.43. The van der Waals surface area contributed by atoms with Gasteiger partial charge in [0.1, 0.15) is 6.61 Å². The molecule has 0 aliphatic rings. The van der Waals surface area contributed by atoms with Gasteiger partial charge in [-0.3, -0.25) is 18.6 Å². The third-order valence-corrected chi connectivity index (χ3v) is 11.5. The molecule has 0 fully saturated rings. The van der Waals surface area contributed by atoms with Crippen molar-refractivity contribution in [3.8, 4) is 0 Å². The smallest absolute Gasteiger partial charge is 0.462 e. The zero-order chi connectivity index (χ0) is 43.2. The standard InChI is InChI=1S/C49H92NO8P/c1-3-5-7-9-11-13-15-17-19-21-22-23-24-26-27-29-31-33-35-37-39-41-48(51)55-45-47(46-57-59(53,54)56-44-43-50)58-49(52)42-40-38-36-34-32-30-28-25-20-18-16-14-12-10-8-6-4-2/h18,20,28,30,34,36,47H,3-17,19,21-27,29,31-33,35,37-46,50H2,1-2H3,(H,53,54). The van der Waals surface area contributed by atoms with E-state index in [1.807, 2.05) is 6.08 Å². The number of rotatable bonds is 46. The van der Waals surface area contributed by atoms with E-state index in [0.717, 1.165) is 44.9 Å². The van der Waals surface area contributed by atoms with Crippen LogP contribution in [0.3, 0.4) is 0 Å². The number of hydrogen-bond acceptors (Lipinski definition) is 8. The Hall–Kier alpha value is -1.77. The van der Waals surface area contributed by atoms with Crippen molar-refractivity contribution in [2.24, 2.45) is 5.73 Å². The van der Waals surface area contributed by atoms with Crippen molar-refractivity contribution in [1.82, 2.24) is 0 Å². The summed E-state index contributed by atoms with van der Waals surface area (Å²) < 4.78 is 32.8. The fraction of sp³-hybridized carbons (Fsp3) is 0.837. The molecule has 3 N–H and O–H groups in total. The summed E-state index contributed by atoms with van der Waals surface area (Å²) in [7, 11) is -4.39. The number of carbonyl (C=O) groups excluding carboxylic acids is 2. The molecule has 2 unspecified atom stereocenters. The first-order chi connectivity index (χ1) is 28.8. The molecule has 0 saturated heterocycles. The second-order valence-electron chi connectivity index (χ2n) is 16.3. The second kappa shape index (κ2) is 45.7. The number of ether oxygens (including phenoxy) is 2. The van der Waals surface area contributed by atoms with Crippen molar-refractivity contribution >= 4 is 19.8 Å². The summed E-state index contributed by atoms with van der Waals surface area (Å²) in [5.74, 6) is -0.880. The summed E-state index contributed by atoms with van der Waals surface area (Å²) in [5, 5.41) is 0. The molecule has 0 heterocycles. The topological polar surface area (TPSA) is 134 Å². The summed E-state index contributed by atoms with van der Waals surface area (Å²) in [5.41, 5.74) is 5.36. The van der Waals surface area contributed by atoms with Gasteiger partial charge in [0.25, 0.3) is 0 Å². The number of phosphoric ester groups is 1. The predicted octanol–water partition coefficient (Wildman–Crippen LogP) is 14.5. The molecule has 0 aromatic heterocycles. The van der Waals surface area contributed by atoms with Crippen molar-refractivity contribution in [2.45, 2.75) is 238 Å². The number of nitrogens with two attached hydrogens (primary N) is 1. The van der Waals surface area contributed by atoms with E-state index in [-0.39, 0.29) is 32.6 Å². The van der Waals surface area contributed by atoms with Crippen LogP contribution in [-0.4, -0.2) is 49.3 Å². The van der Waals surface area contributed by atoms with E-state index in [9.17, 15) is 19.0 Å². The molecule has 0 aliphatic carbocycles.